The second-order valence-electron chi connectivity index (χ2n) is 8.25. The van der Waals surface area contributed by atoms with Crippen molar-refractivity contribution in [3.63, 3.8) is 0 Å². The van der Waals surface area contributed by atoms with Gasteiger partial charge in [-0.2, -0.15) is 0 Å². The molecule has 0 unspecified atom stereocenters. The number of nitrogens with one attached hydrogen (secondary N) is 1. The first-order valence-electron chi connectivity index (χ1n) is 11.3. The monoisotopic (exact) mass is 459 g/mol. The minimum Gasteiger partial charge on any atom is -0.496 e. The maximum Gasteiger partial charge on any atom is 0.339 e. The molecule has 0 bridgehead atoms. The molecule has 8 heteroatoms. The number of aromatic carboxylic acids is 1. The first kappa shape index (κ1) is 21.8. The van der Waals surface area contributed by atoms with E-state index in [4.69, 9.17) is 13.9 Å². The summed E-state index contributed by atoms with van der Waals surface area (Å²) in [7, 11) is 1.65. The van der Waals surface area contributed by atoms with Crippen molar-refractivity contribution < 1.29 is 23.8 Å². The molecule has 0 aliphatic heterocycles. The van der Waals surface area contributed by atoms with E-state index in [1.165, 1.54) is 6.33 Å². The Morgan fingerprint density at radius 2 is 2.09 bits per heavy atom. The fourth-order valence-electron chi connectivity index (χ4n) is 4.04. The average molecular weight is 460 g/mol. The summed E-state index contributed by atoms with van der Waals surface area (Å²) in [5, 5.41) is 14.0. The summed E-state index contributed by atoms with van der Waals surface area (Å²) in [5.41, 5.74) is 3.23. The third-order valence-corrected chi connectivity index (χ3v) is 6.08. The van der Waals surface area contributed by atoms with Crippen LogP contribution < -0.4 is 14.8 Å². The molecule has 2 aromatic carbocycles. The second-order valence-corrected chi connectivity index (χ2v) is 8.25. The molecule has 0 saturated heterocycles. The maximum absolute atomic E-state index is 11.8. The largest absolute Gasteiger partial charge is 0.496 e. The van der Waals surface area contributed by atoms with Gasteiger partial charge in [0.25, 0.3) is 0 Å². The standard InChI is InChI=1S/C26H25N3O5/c1-32-22-14-23-17(9-11-33-23)12-16(22)8-10-27-24-13-21(28-15-29-24)19-6-3-7-20(26(30)31)25(19)34-18-4-2-5-18/h3,6-7,9,11-15,18H,2,4-5,8,10H2,1H3,(H,30,31)(H,27,28,29). The topological polar surface area (TPSA) is 107 Å². The first-order valence-corrected chi connectivity index (χ1v) is 11.3. The normalized spacial score (nSPS) is 13.4. The van der Waals surface area contributed by atoms with Gasteiger partial charge in [0.15, 0.2) is 0 Å². The van der Waals surface area contributed by atoms with Crippen LogP contribution in [0.2, 0.25) is 0 Å². The molecule has 0 amide bonds. The summed E-state index contributed by atoms with van der Waals surface area (Å²) in [4.78, 5) is 20.5. The van der Waals surface area contributed by atoms with E-state index in [2.05, 4.69) is 21.4 Å². The number of nitrogens with zero attached hydrogens (tertiary/aromatic N) is 2. The molecule has 0 spiro atoms. The highest BCUT2D eigenvalue weighted by Crippen LogP contribution is 2.36. The van der Waals surface area contributed by atoms with Crippen molar-refractivity contribution in [2.45, 2.75) is 31.8 Å². The van der Waals surface area contributed by atoms with Crippen LogP contribution in [-0.2, 0) is 6.42 Å². The SMILES string of the molecule is COc1cc2occc2cc1CCNc1cc(-c2cccc(C(=O)O)c2OC2CCC2)ncn1. The zero-order valence-electron chi connectivity index (χ0n) is 18.8. The van der Waals surface area contributed by atoms with Crippen LogP contribution in [-0.4, -0.2) is 40.8 Å². The number of aromatic nitrogens is 2. The van der Waals surface area contributed by atoms with Gasteiger partial charge in [-0.05, 0) is 55.5 Å². The van der Waals surface area contributed by atoms with E-state index in [1.807, 2.05) is 24.3 Å². The number of para-hydroxylation sites is 1. The van der Waals surface area contributed by atoms with Crippen LogP contribution in [0.5, 0.6) is 11.5 Å². The van der Waals surface area contributed by atoms with Gasteiger partial charge in [0.2, 0.25) is 0 Å². The molecule has 2 heterocycles. The lowest BCUT2D eigenvalue weighted by atomic mass is 9.95. The van der Waals surface area contributed by atoms with Gasteiger partial charge in [-0.15, -0.1) is 0 Å². The predicted molar refractivity (Wildman–Crippen MR) is 128 cm³/mol. The molecule has 2 aromatic heterocycles. The van der Waals surface area contributed by atoms with Gasteiger partial charge >= 0.3 is 5.97 Å². The highest BCUT2D eigenvalue weighted by molar-refractivity contribution is 5.94. The number of rotatable bonds is 9. The van der Waals surface area contributed by atoms with Crippen LogP contribution in [0.25, 0.3) is 22.2 Å². The number of ether oxygens (including phenoxy) is 2. The Morgan fingerprint density at radius 3 is 2.85 bits per heavy atom. The Balaban J connectivity index is 1.35. The number of benzene rings is 2. The third kappa shape index (κ3) is 4.39. The van der Waals surface area contributed by atoms with Gasteiger partial charge in [-0.25, -0.2) is 14.8 Å². The van der Waals surface area contributed by atoms with Crippen LogP contribution in [0.1, 0.15) is 35.2 Å². The van der Waals surface area contributed by atoms with Crippen molar-refractivity contribution in [1.82, 2.24) is 9.97 Å². The Morgan fingerprint density at radius 1 is 1.21 bits per heavy atom. The molecular formula is C26H25N3O5. The molecule has 2 N–H and O–H groups in total. The number of hydrogen-bond donors (Lipinski definition) is 2. The number of furan rings is 1. The van der Waals surface area contributed by atoms with Crippen molar-refractivity contribution >= 4 is 22.8 Å². The fourth-order valence-corrected chi connectivity index (χ4v) is 4.04. The average Bonchev–Trinajstić information content (AvgIpc) is 3.28. The van der Waals surface area contributed by atoms with Crippen molar-refractivity contribution in [2.24, 2.45) is 0 Å². The van der Waals surface area contributed by atoms with Gasteiger partial charge in [-0.1, -0.05) is 6.07 Å². The highest BCUT2D eigenvalue weighted by Gasteiger charge is 2.25. The van der Waals surface area contributed by atoms with E-state index in [-0.39, 0.29) is 11.7 Å². The van der Waals surface area contributed by atoms with E-state index in [1.54, 1.807) is 25.5 Å². The summed E-state index contributed by atoms with van der Waals surface area (Å²) >= 11 is 0. The Labute approximate surface area is 196 Å². The summed E-state index contributed by atoms with van der Waals surface area (Å²) in [5.74, 6) is 0.759. The van der Waals surface area contributed by atoms with Crippen molar-refractivity contribution in [3.05, 3.63) is 66.2 Å². The number of methoxy groups -OCH3 is 1. The summed E-state index contributed by atoms with van der Waals surface area (Å²) in [6, 6.07) is 12.8. The van der Waals surface area contributed by atoms with E-state index in [0.717, 1.165) is 41.5 Å². The zero-order chi connectivity index (χ0) is 23.5. The molecule has 34 heavy (non-hydrogen) atoms. The molecule has 1 aliphatic rings. The van der Waals surface area contributed by atoms with Crippen LogP contribution in [0.15, 0.2) is 59.5 Å². The van der Waals surface area contributed by atoms with Gasteiger partial charge in [0.1, 0.15) is 34.8 Å². The zero-order valence-corrected chi connectivity index (χ0v) is 18.8. The molecule has 1 fully saturated rings. The molecule has 5 rings (SSSR count). The molecule has 174 valence electrons. The molecule has 8 nitrogen and oxygen atoms in total. The van der Waals surface area contributed by atoms with Gasteiger partial charge in [-0.3, -0.25) is 0 Å². The fraction of sp³-hybridized carbons (Fsp3) is 0.269. The number of carboxylic acid groups (broad SMARTS) is 1. The van der Waals surface area contributed by atoms with Crippen LogP contribution in [0.4, 0.5) is 5.82 Å². The van der Waals surface area contributed by atoms with Gasteiger partial charge in [0.05, 0.1) is 25.2 Å². The van der Waals surface area contributed by atoms with Gasteiger partial charge in [0, 0.05) is 29.6 Å². The second kappa shape index (κ2) is 9.43. The Hall–Kier alpha value is -4.07. The molecule has 1 aliphatic carbocycles. The number of carboxylic acids is 1. The summed E-state index contributed by atoms with van der Waals surface area (Å²) in [6.07, 6.45) is 6.84. The van der Waals surface area contributed by atoms with E-state index < -0.39 is 5.97 Å². The predicted octanol–water partition coefficient (Wildman–Crippen LogP) is 5.18. The number of hydrogen-bond acceptors (Lipinski definition) is 7. The smallest absolute Gasteiger partial charge is 0.339 e. The number of carbonyl (C=O) groups is 1. The molecule has 4 aromatic rings. The van der Waals surface area contributed by atoms with E-state index in [9.17, 15) is 9.90 Å². The number of anilines is 1. The van der Waals surface area contributed by atoms with Gasteiger partial charge < -0.3 is 24.3 Å². The first-order chi connectivity index (χ1) is 16.6. The number of fused-ring (bicyclic) bond motifs is 1. The van der Waals surface area contributed by atoms with E-state index in [0.29, 0.717) is 35.8 Å². The molecular weight excluding hydrogens is 434 g/mol. The lowest BCUT2D eigenvalue weighted by Gasteiger charge is -2.28. The van der Waals surface area contributed by atoms with Crippen molar-refractivity contribution in [1.29, 1.82) is 0 Å². The van der Waals surface area contributed by atoms with Crippen molar-refractivity contribution in [3.8, 4) is 22.8 Å². The highest BCUT2D eigenvalue weighted by atomic mass is 16.5. The van der Waals surface area contributed by atoms with Crippen LogP contribution in [0.3, 0.4) is 0 Å². The Kier molecular flexibility index (Phi) is 6.03. The lowest BCUT2D eigenvalue weighted by molar-refractivity contribution is 0.0680. The molecule has 0 atom stereocenters. The minimum absolute atomic E-state index is 0.0428. The third-order valence-electron chi connectivity index (χ3n) is 6.08. The van der Waals surface area contributed by atoms with Crippen LogP contribution >= 0.6 is 0 Å². The Bertz CT molecular complexity index is 1330. The molecule has 0 radical (unpaired) electrons. The van der Waals surface area contributed by atoms with Crippen LogP contribution in [0, 0.1) is 0 Å². The van der Waals surface area contributed by atoms with E-state index >= 15 is 0 Å². The van der Waals surface area contributed by atoms with Crippen molar-refractivity contribution in [2.75, 3.05) is 19.0 Å². The maximum atomic E-state index is 11.8. The molecule has 1 saturated carbocycles. The minimum atomic E-state index is -1.02. The lowest BCUT2D eigenvalue weighted by Crippen LogP contribution is -2.25. The quantitative estimate of drug-likeness (QED) is 0.352. The summed E-state index contributed by atoms with van der Waals surface area (Å²) in [6.45, 7) is 0.622. The summed E-state index contributed by atoms with van der Waals surface area (Å²) < 4.78 is 17.0.